The molecule has 96 valence electrons. The maximum absolute atomic E-state index is 13.7. The minimum atomic E-state index is -0.426. The first-order chi connectivity index (χ1) is 8.50. The Kier molecular flexibility index (Phi) is 3.53. The average Bonchev–Trinajstić information content (AvgIpc) is 2.60. The van der Waals surface area contributed by atoms with Gasteiger partial charge >= 0.3 is 5.69 Å². The van der Waals surface area contributed by atoms with Gasteiger partial charge in [-0.25, -0.2) is 14.3 Å². The molecule has 1 aromatic heterocycles. The van der Waals surface area contributed by atoms with Crippen molar-refractivity contribution in [3.8, 4) is 0 Å². The van der Waals surface area contributed by atoms with Crippen molar-refractivity contribution in [2.45, 2.75) is 23.0 Å². The van der Waals surface area contributed by atoms with Gasteiger partial charge in [-0.1, -0.05) is 6.07 Å². The van der Waals surface area contributed by atoms with Gasteiger partial charge in [-0.15, -0.1) is 5.10 Å². The zero-order chi connectivity index (χ0) is 13.3. The van der Waals surface area contributed by atoms with E-state index < -0.39 is 6.04 Å². The van der Waals surface area contributed by atoms with Gasteiger partial charge in [0.1, 0.15) is 5.82 Å². The first-order valence-corrected chi connectivity index (χ1v) is 6.15. The van der Waals surface area contributed by atoms with Crippen molar-refractivity contribution < 1.29 is 4.39 Å². The topological polar surface area (TPSA) is 76.7 Å². The lowest BCUT2D eigenvalue weighted by molar-refractivity contribution is 0.585. The molecule has 0 aliphatic heterocycles. The molecule has 1 aromatic carbocycles. The molecule has 1 atom stereocenters. The largest absolute Gasteiger partial charge is 0.343 e. The molecular formula is C11H13FN4OS. The van der Waals surface area contributed by atoms with E-state index in [0.29, 0.717) is 15.6 Å². The molecule has 0 fully saturated rings. The molecule has 0 amide bonds. The summed E-state index contributed by atoms with van der Waals surface area (Å²) in [5, 5.41) is 6.66. The van der Waals surface area contributed by atoms with Crippen molar-refractivity contribution in [1.29, 1.82) is 0 Å². The summed E-state index contributed by atoms with van der Waals surface area (Å²) in [4.78, 5) is 11.9. The molecule has 2 aromatic rings. The Balaban J connectivity index is 2.43. The van der Waals surface area contributed by atoms with Crippen LogP contribution in [0.3, 0.4) is 0 Å². The number of rotatable bonds is 3. The van der Waals surface area contributed by atoms with Gasteiger partial charge in [0.15, 0.2) is 5.16 Å². The van der Waals surface area contributed by atoms with Crippen LogP contribution in [0.2, 0.25) is 0 Å². The summed E-state index contributed by atoms with van der Waals surface area (Å²) in [6.45, 7) is 1.71. The standard InChI is InChI=1S/C11H13FN4OS/c1-6(13)9-7(12)4-3-5-8(9)18-11-15-14-10(17)16(11)2/h3-6H,13H2,1-2H3,(H,14,17)/t6-/m0/s1. The number of hydrogen-bond acceptors (Lipinski definition) is 4. The third-order valence-corrected chi connectivity index (χ3v) is 3.63. The molecular weight excluding hydrogens is 255 g/mol. The van der Waals surface area contributed by atoms with Crippen molar-refractivity contribution >= 4 is 11.8 Å². The van der Waals surface area contributed by atoms with Crippen LogP contribution in [0.5, 0.6) is 0 Å². The minimum absolute atomic E-state index is 0.309. The van der Waals surface area contributed by atoms with Gasteiger partial charge < -0.3 is 5.73 Å². The first-order valence-electron chi connectivity index (χ1n) is 5.34. The van der Waals surface area contributed by atoms with Gasteiger partial charge in [-0.05, 0) is 30.8 Å². The molecule has 0 radical (unpaired) electrons. The van der Waals surface area contributed by atoms with E-state index in [4.69, 9.17) is 5.73 Å². The molecule has 0 aliphatic rings. The number of H-pyrrole nitrogens is 1. The average molecular weight is 268 g/mol. The van der Waals surface area contributed by atoms with E-state index in [2.05, 4.69) is 10.2 Å². The highest BCUT2D eigenvalue weighted by atomic mass is 32.2. The van der Waals surface area contributed by atoms with Crippen molar-refractivity contribution in [2.24, 2.45) is 12.8 Å². The molecule has 3 N–H and O–H groups in total. The number of hydrogen-bond donors (Lipinski definition) is 2. The number of halogens is 1. The fourth-order valence-corrected chi connectivity index (χ4v) is 2.62. The fraction of sp³-hybridized carbons (Fsp3) is 0.273. The van der Waals surface area contributed by atoms with E-state index in [-0.39, 0.29) is 11.5 Å². The lowest BCUT2D eigenvalue weighted by Gasteiger charge is -2.12. The van der Waals surface area contributed by atoms with E-state index in [1.165, 1.54) is 22.4 Å². The molecule has 0 unspecified atom stereocenters. The third-order valence-electron chi connectivity index (χ3n) is 2.51. The van der Waals surface area contributed by atoms with E-state index in [9.17, 15) is 9.18 Å². The van der Waals surface area contributed by atoms with E-state index in [1.54, 1.807) is 26.1 Å². The van der Waals surface area contributed by atoms with Gasteiger partial charge in [0, 0.05) is 23.5 Å². The second kappa shape index (κ2) is 4.95. The van der Waals surface area contributed by atoms with E-state index in [0.717, 1.165) is 0 Å². The van der Waals surface area contributed by atoms with E-state index in [1.807, 2.05) is 0 Å². The van der Waals surface area contributed by atoms with Crippen LogP contribution < -0.4 is 11.4 Å². The van der Waals surface area contributed by atoms with Crippen LogP contribution in [0.15, 0.2) is 33.0 Å². The minimum Gasteiger partial charge on any atom is -0.324 e. The summed E-state index contributed by atoms with van der Waals surface area (Å²) in [6.07, 6.45) is 0. The molecule has 2 rings (SSSR count). The second-order valence-corrected chi connectivity index (χ2v) is 4.92. The second-order valence-electron chi connectivity index (χ2n) is 3.91. The van der Waals surface area contributed by atoms with Crippen LogP contribution in [0.4, 0.5) is 4.39 Å². The van der Waals surface area contributed by atoms with Gasteiger partial charge in [0.05, 0.1) is 0 Å². The summed E-state index contributed by atoms with van der Waals surface area (Å²) in [5.74, 6) is -0.351. The highest BCUT2D eigenvalue weighted by Crippen LogP contribution is 2.32. The predicted molar refractivity (Wildman–Crippen MR) is 67.0 cm³/mol. The maximum atomic E-state index is 13.7. The Hall–Kier alpha value is -1.60. The zero-order valence-corrected chi connectivity index (χ0v) is 10.8. The monoisotopic (exact) mass is 268 g/mol. The van der Waals surface area contributed by atoms with E-state index >= 15 is 0 Å². The molecule has 0 aliphatic carbocycles. The summed E-state index contributed by atoms with van der Waals surface area (Å²) in [6, 6.07) is 4.30. The zero-order valence-electron chi connectivity index (χ0n) is 9.98. The van der Waals surface area contributed by atoms with Gasteiger partial charge in [0.2, 0.25) is 0 Å². The maximum Gasteiger partial charge on any atom is 0.343 e. The molecule has 0 spiro atoms. The SMILES string of the molecule is C[C@H](N)c1c(F)cccc1Sc1n[nH]c(=O)n1C. The van der Waals surface area contributed by atoms with Crippen LogP contribution in [0, 0.1) is 5.82 Å². The van der Waals surface area contributed by atoms with Crippen LogP contribution in [-0.4, -0.2) is 14.8 Å². The first kappa shape index (κ1) is 12.8. The molecule has 0 bridgehead atoms. The number of aromatic nitrogens is 3. The summed E-state index contributed by atoms with van der Waals surface area (Å²) in [5.41, 5.74) is 5.88. The Morgan fingerprint density at radius 3 is 2.83 bits per heavy atom. The Morgan fingerprint density at radius 1 is 1.56 bits per heavy atom. The Labute approximate surface area is 107 Å². The quantitative estimate of drug-likeness (QED) is 0.882. The number of aromatic amines is 1. The fourth-order valence-electron chi connectivity index (χ4n) is 1.57. The number of nitrogens with two attached hydrogens (primary N) is 1. The predicted octanol–water partition coefficient (Wildman–Crippen LogP) is 1.42. The highest BCUT2D eigenvalue weighted by molar-refractivity contribution is 7.99. The molecule has 0 saturated heterocycles. The van der Waals surface area contributed by atoms with Crippen molar-refractivity contribution in [3.05, 3.63) is 40.1 Å². The molecule has 0 saturated carbocycles. The van der Waals surface area contributed by atoms with Gasteiger partial charge in [-0.2, -0.15) is 0 Å². The molecule has 7 heteroatoms. The highest BCUT2D eigenvalue weighted by Gasteiger charge is 2.15. The number of nitrogens with zero attached hydrogens (tertiary/aromatic N) is 2. The summed E-state index contributed by atoms with van der Waals surface area (Å²) >= 11 is 1.20. The normalized spacial score (nSPS) is 12.7. The smallest absolute Gasteiger partial charge is 0.324 e. The Bertz CT molecular complexity index is 620. The third kappa shape index (κ3) is 2.32. The van der Waals surface area contributed by atoms with Crippen LogP contribution in [0.1, 0.15) is 18.5 Å². The Morgan fingerprint density at radius 2 is 2.28 bits per heavy atom. The molecule has 1 heterocycles. The lowest BCUT2D eigenvalue weighted by atomic mass is 10.1. The van der Waals surface area contributed by atoms with Crippen LogP contribution in [0.25, 0.3) is 0 Å². The number of benzene rings is 1. The van der Waals surface area contributed by atoms with Crippen molar-refractivity contribution in [2.75, 3.05) is 0 Å². The van der Waals surface area contributed by atoms with Crippen molar-refractivity contribution in [1.82, 2.24) is 14.8 Å². The summed E-state index contributed by atoms with van der Waals surface area (Å²) < 4.78 is 15.1. The van der Waals surface area contributed by atoms with Crippen LogP contribution in [-0.2, 0) is 7.05 Å². The van der Waals surface area contributed by atoms with Crippen LogP contribution >= 0.6 is 11.8 Å². The summed E-state index contributed by atoms with van der Waals surface area (Å²) in [7, 11) is 1.60. The lowest BCUT2D eigenvalue weighted by Crippen LogP contribution is -2.13. The number of nitrogens with one attached hydrogen (secondary N) is 1. The van der Waals surface area contributed by atoms with Gasteiger partial charge in [0.25, 0.3) is 0 Å². The van der Waals surface area contributed by atoms with Crippen molar-refractivity contribution in [3.63, 3.8) is 0 Å². The molecule has 5 nitrogen and oxygen atoms in total. The molecule has 18 heavy (non-hydrogen) atoms. The van der Waals surface area contributed by atoms with Gasteiger partial charge in [-0.3, -0.25) is 4.57 Å².